The highest BCUT2D eigenvalue weighted by molar-refractivity contribution is 7.99. The van der Waals surface area contributed by atoms with Gasteiger partial charge in [0, 0.05) is 11.2 Å². The summed E-state index contributed by atoms with van der Waals surface area (Å²) in [5, 5.41) is 8.58. The summed E-state index contributed by atoms with van der Waals surface area (Å²) in [5.74, 6) is 1.51. The van der Waals surface area contributed by atoms with Gasteiger partial charge in [-0.2, -0.15) is 0 Å². The molecule has 0 fully saturated rings. The molecule has 0 aliphatic carbocycles. The van der Waals surface area contributed by atoms with E-state index in [-0.39, 0.29) is 5.41 Å². The highest BCUT2D eigenvalue weighted by Gasteiger charge is 2.21. The summed E-state index contributed by atoms with van der Waals surface area (Å²) in [6, 6.07) is 0. The summed E-state index contributed by atoms with van der Waals surface area (Å²) in [5.41, 5.74) is 1.03. The Hall–Kier alpha value is -0.770. The molecule has 0 aliphatic rings. The fraction of sp³-hybridized carbons (Fsp3) is 0.600. The molecule has 0 spiro atoms. The molecular formula is C10H16N2OS. The monoisotopic (exact) mass is 212 g/mol. The molecule has 4 heteroatoms. The van der Waals surface area contributed by atoms with Crippen molar-refractivity contribution in [1.82, 2.24) is 10.2 Å². The molecule has 0 aliphatic heterocycles. The van der Waals surface area contributed by atoms with Crippen LogP contribution in [0.1, 0.15) is 33.6 Å². The number of hydrogen-bond donors (Lipinski definition) is 0. The molecule has 0 bridgehead atoms. The molecule has 0 amide bonds. The SMILES string of the molecule is C=C(C)CSc1nnc(C(C)(C)C)o1. The molecule has 0 aromatic carbocycles. The van der Waals surface area contributed by atoms with Gasteiger partial charge in [0.15, 0.2) is 0 Å². The predicted molar refractivity (Wildman–Crippen MR) is 58.5 cm³/mol. The molecular weight excluding hydrogens is 196 g/mol. The van der Waals surface area contributed by atoms with Crippen molar-refractivity contribution in [2.24, 2.45) is 0 Å². The maximum atomic E-state index is 5.50. The van der Waals surface area contributed by atoms with Crippen LogP contribution in [0, 0.1) is 0 Å². The van der Waals surface area contributed by atoms with Gasteiger partial charge in [0.1, 0.15) is 0 Å². The van der Waals surface area contributed by atoms with Crippen molar-refractivity contribution in [1.29, 1.82) is 0 Å². The van der Waals surface area contributed by atoms with E-state index in [4.69, 9.17) is 4.42 Å². The third-order valence-electron chi connectivity index (χ3n) is 1.49. The molecule has 3 nitrogen and oxygen atoms in total. The van der Waals surface area contributed by atoms with E-state index in [9.17, 15) is 0 Å². The van der Waals surface area contributed by atoms with Crippen LogP contribution in [0.2, 0.25) is 0 Å². The molecule has 1 rings (SSSR count). The van der Waals surface area contributed by atoms with E-state index < -0.39 is 0 Å². The molecule has 1 aromatic heterocycles. The molecule has 14 heavy (non-hydrogen) atoms. The standard InChI is InChI=1S/C10H16N2OS/c1-7(2)6-14-9-12-11-8(13-9)10(3,4)5/h1,6H2,2-5H3. The summed E-state index contributed by atoms with van der Waals surface area (Å²) in [4.78, 5) is 0. The average molecular weight is 212 g/mol. The van der Waals surface area contributed by atoms with E-state index in [1.165, 1.54) is 11.8 Å². The Bertz CT molecular complexity index is 325. The topological polar surface area (TPSA) is 38.9 Å². The molecule has 0 saturated heterocycles. The summed E-state index contributed by atoms with van der Waals surface area (Å²) >= 11 is 1.53. The van der Waals surface area contributed by atoms with E-state index in [1.54, 1.807) is 0 Å². The van der Waals surface area contributed by atoms with Crippen LogP contribution in [0.15, 0.2) is 21.8 Å². The van der Waals surface area contributed by atoms with E-state index in [0.717, 1.165) is 11.3 Å². The Labute approximate surface area is 89.0 Å². The van der Waals surface area contributed by atoms with Crippen LogP contribution >= 0.6 is 11.8 Å². The number of nitrogens with zero attached hydrogens (tertiary/aromatic N) is 2. The van der Waals surface area contributed by atoms with Crippen molar-refractivity contribution >= 4 is 11.8 Å². The molecule has 0 saturated carbocycles. The lowest BCUT2D eigenvalue weighted by Crippen LogP contribution is -2.11. The smallest absolute Gasteiger partial charge is 0.276 e. The minimum atomic E-state index is -0.0744. The van der Waals surface area contributed by atoms with Crippen LogP contribution in [0.3, 0.4) is 0 Å². The van der Waals surface area contributed by atoms with Gasteiger partial charge >= 0.3 is 0 Å². The fourth-order valence-corrected chi connectivity index (χ4v) is 1.36. The van der Waals surface area contributed by atoms with Crippen LogP contribution in [0.5, 0.6) is 0 Å². The zero-order valence-electron chi connectivity index (χ0n) is 9.13. The first-order valence-electron chi connectivity index (χ1n) is 4.51. The first-order chi connectivity index (χ1) is 6.39. The Morgan fingerprint density at radius 3 is 2.50 bits per heavy atom. The lowest BCUT2D eigenvalue weighted by atomic mass is 9.97. The van der Waals surface area contributed by atoms with Gasteiger partial charge in [-0.05, 0) is 6.92 Å². The summed E-state index contributed by atoms with van der Waals surface area (Å²) < 4.78 is 5.50. The summed E-state index contributed by atoms with van der Waals surface area (Å²) in [6.07, 6.45) is 0. The normalized spacial score (nSPS) is 11.7. The van der Waals surface area contributed by atoms with Crippen LogP contribution < -0.4 is 0 Å². The van der Waals surface area contributed by atoms with Gasteiger partial charge in [-0.3, -0.25) is 0 Å². The van der Waals surface area contributed by atoms with Gasteiger partial charge in [0.05, 0.1) is 0 Å². The molecule has 0 atom stereocenters. The second kappa shape index (κ2) is 4.17. The van der Waals surface area contributed by atoms with Gasteiger partial charge in [-0.1, -0.05) is 44.7 Å². The lowest BCUT2D eigenvalue weighted by Gasteiger charge is -2.10. The van der Waals surface area contributed by atoms with Gasteiger partial charge in [-0.25, -0.2) is 0 Å². The van der Waals surface area contributed by atoms with Crippen LogP contribution in [-0.2, 0) is 5.41 Å². The Morgan fingerprint density at radius 2 is 2.07 bits per heavy atom. The van der Waals surface area contributed by atoms with E-state index in [2.05, 4.69) is 16.8 Å². The van der Waals surface area contributed by atoms with Crippen LogP contribution in [0.4, 0.5) is 0 Å². The summed E-state index contributed by atoms with van der Waals surface area (Å²) in [6.45, 7) is 11.9. The highest BCUT2D eigenvalue weighted by atomic mass is 32.2. The van der Waals surface area contributed by atoms with Gasteiger partial charge in [0.25, 0.3) is 5.22 Å². The Morgan fingerprint density at radius 1 is 1.43 bits per heavy atom. The quantitative estimate of drug-likeness (QED) is 0.570. The van der Waals surface area contributed by atoms with E-state index in [0.29, 0.717) is 11.1 Å². The Kier molecular flexibility index (Phi) is 3.37. The third-order valence-corrected chi connectivity index (χ3v) is 2.54. The molecule has 0 radical (unpaired) electrons. The first kappa shape index (κ1) is 11.3. The van der Waals surface area contributed by atoms with E-state index >= 15 is 0 Å². The van der Waals surface area contributed by atoms with Crippen LogP contribution in [-0.4, -0.2) is 16.0 Å². The van der Waals surface area contributed by atoms with Gasteiger partial charge < -0.3 is 4.42 Å². The van der Waals surface area contributed by atoms with Crippen molar-refractivity contribution in [3.05, 3.63) is 18.0 Å². The van der Waals surface area contributed by atoms with Crippen LogP contribution in [0.25, 0.3) is 0 Å². The minimum Gasteiger partial charge on any atom is -0.415 e. The number of hydrogen-bond acceptors (Lipinski definition) is 4. The van der Waals surface area contributed by atoms with E-state index in [1.807, 2.05) is 27.7 Å². The second-order valence-corrected chi connectivity index (χ2v) is 5.30. The molecule has 0 unspecified atom stereocenters. The average Bonchev–Trinajstić information content (AvgIpc) is 2.47. The first-order valence-corrected chi connectivity index (χ1v) is 5.49. The van der Waals surface area contributed by atoms with Crippen molar-refractivity contribution in [2.45, 2.75) is 38.3 Å². The fourth-order valence-electron chi connectivity index (χ4n) is 0.756. The largest absolute Gasteiger partial charge is 0.415 e. The second-order valence-electron chi connectivity index (χ2n) is 4.37. The zero-order valence-corrected chi connectivity index (χ0v) is 9.94. The van der Waals surface area contributed by atoms with Crippen molar-refractivity contribution in [3.8, 4) is 0 Å². The van der Waals surface area contributed by atoms with Crippen molar-refractivity contribution in [2.75, 3.05) is 5.75 Å². The van der Waals surface area contributed by atoms with Gasteiger partial charge in [-0.15, -0.1) is 10.2 Å². The third kappa shape index (κ3) is 3.18. The number of thioether (sulfide) groups is 1. The van der Waals surface area contributed by atoms with Crippen molar-refractivity contribution < 1.29 is 4.42 Å². The Balaban J connectivity index is 2.64. The predicted octanol–water partition coefficient (Wildman–Crippen LogP) is 3.04. The summed E-state index contributed by atoms with van der Waals surface area (Å²) in [7, 11) is 0. The van der Waals surface area contributed by atoms with Gasteiger partial charge in [0.2, 0.25) is 5.89 Å². The zero-order chi connectivity index (χ0) is 10.8. The minimum absolute atomic E-state index is 0.0744. The molecule has 0 N–H and O–H groups in total. The van der Waals surface area contributed by atoms with Crippen molar-refractivity contribution in [3.63, 3.8) is 0 Å². The number of aromatic nitrogens is 2. The highest BCUT2D eigenvalue weighted by Crippen LogP contribution is 2.25. The maximum Gasteiger partial charge on any atom is 0.276 e. The molecule has 78 valence electrons. The number of rotatable bonds is 3. The lowest BCUT2D eigenvalue weighted by molar-refractivity contribution is 0.347. The maximum absolute atomic E-state index is 5.50. The molecule has 1 aromatic rings. The molecule has 1 heterocycles.